The summed E-state index contributed by atoms with van der Waals surface area (Å²) in [5, 5.41) is 14.9. The van der Waals surface area contributed by atoms with E-state index < -0.39 is 0 Å². The van der Waals surface area contributed by atoms with Crippen LogP contribution in [0.1, 0.15) is 42.6 Å². The van der Waals surface area contributed by atoms with Crippen molar-refractivity contribution in [2.75, 3.05) is 11.1 Å². The summed E-state index contributed by atoms with van der Waals surface area (Å²) in [5.74, 6) is 1.82. The van der Waals surface area contributed by atoms with E-state index in [1.54, 1.807) is 0 Å². The second-order valence-electron chi connectivity index (χ2n) is 7.03. The van der Waals surface area contributed by atoms with Gasteiger partial charge in [0.25, 0.3) is 0 Å². The van der Waals surface area contributed by atoms with Crippen molar-refractivity contribution in [3.63, 3.8) is 0 Å². The maximum atomic E-state index is 12.4. The number of thiazole rings is 1. The number of carbonyl (C=O) groups is 1. The van der Waals surface area contributed by atoms with E-state index in [0.29, 0.717) is 16.8 Å². The first-order valence-electron chi connectivity index (χ1n) is 9.44. The Morgan fingerprint density at radius 3 is 2.82 bits per heavy atom. The van der Waals surface area contributed by atoms with Crippen LogP contribution < -0.4 is 5.32 Å². The molecule has 2 aromatic heterocycles. The van der Waals surface area contributed by atoms with Crippen LogP contribution in [0.15, 0.2) is 28.7 Å². The molecule has 1 saturated carbocycles. The number of rotatable bonds is 7. The molecule has 0 aliphatic heterocycles. The number of hydrogen-bond donors (Lipinski definition) is 1. The maximum Gasteiger partial charge on any atom is 0.236 e. The van der Waals surface area contributed by atoms with Gasteiger partial charge >= 0.3 is 0 Å². The van der Waals surface area contributed by atoms with Crippen molar-refractivity contribution in [2.45, 2.75) is 51.2 Å². The van der Waals surface area contributed by atoms with Crippen LogP contribution >= 0.6 is 23.1 Å². The monoisotopic (exact) mass is 413 g/mol. The number of anilines is 1. The Hall–Kier alpha value is -2.19. The van der Waals surface area contributed by atoms with Crippen LogP contribution in [0, 0.1) is 13.8 Å². The molecule has 28 heavy (non-hydrogen) atoms. The van der Waals surface area contributed by atoms with Crippen molar-refractivity contribution in [3.8, 4) is 11.3 Å². The molecule has 3 aromatic rings. The highest BCUT2D eigenvalue weighted by Crippen LogP contribution is 2.40. The minimum Gasteiger partial charge on any atom is -0.306 e. The third-order valence-corrected chi connectivity index (χ3v) is 6.61. The van der Waals surface area contributed by atoms with Gasteiger partial charge in [-0.1, -0.05) is 23.9 Å². The normalized spacial score (nSPS) is 13.7. The molecule has 0 radical (unpaired) electrons. The first kappa shape index (κ1) is 19.1. The molecule has 1 amide bonds. The summed E-state index contributed by atoms with van der Waals surface area (Å²) < 4.78 is 2.12. The standard InChI is InChI=1S/C20H23N5OS2/c1-4-25-18(14-7-8-14)23-24-20(25)28-11-17(26)22-19-21-16(10-27-19)15-6-5-12(2)13(3)9-15/h5-6,9-10,14H,4,7-8,11H2,1-3H3,(H,21,22,26). The molecule has 1 aromatic carbocycles. The maximum absolute atomic E-state index is 12.4. The number of nitrogens with one attached hydrogen (secondary N) is 1. The lowest BCUT2D eigenvalue weighted by molar-refractivity contribution is -0.113. The van der Waals surface area contributed by atoms with Gasteiger partial charge in [-0.05, 0) is 50.8 Å². The molecular formula is C20H23N5OS2. The number of aryl methyl sites for hydroxylation is 2. The summed E-state index contributed by atoms with van der Waals surface area (Å²) >= 11 is 2.87. The number of aromatic nitrogens is 4. The molecule has 2 heterocycles. The number of benzene rings is 1. The largest absolute Gasteiger partial charge is 0.306 e. The van der Waals surface area contributed by atoms with Crippen LogP contribution in [0.2, 0.25) is 0 Å². The summed E-state index contributed by atoms with van der Waals surface area (Å²) in [4.78, 5) is 16.9. The number of thioether (sulfide) groups is 1. The Morgan fingerprint density at radius 1 is 1.29 bits per heavy atom. The van der Waals surface area contributed by atoms with Gasteiger partial charge in [-0.3, -0.25) is 4.79 Å². The van der Waals surface area contributed by atoms with Gasteiger partial charge < -0.3 is 9.88 Å². The van der Waals surface area contributed by atoms with Gasteiger partial charge in [0.05, 0.1) is 11.4 Å². The highest BCUT2D eigenvalue weighted by atomic mass is 32.2. The van der Waals surface area contributed by atoms with E-state index in [2.05, 4.69) is 64.0 Å². The Morgan fingerprint density at radius 2 is 2.11 bits per heavy atom. The van der Waals surface area contributed by atoms with Gasteiger partial charge in [0.2, 0.25) is 5.91 Å². The summed E-state index contributed by atoms with van der Waals surface area (Å²) in [5.41, 5.74) is 4.45. The second kappa shape index (κ2) is 8.05. The zero-order chi connectivity index (χ0) is 19.7. The van der Waals surface area contributed by atoms with Crippen LogP contribution in [0.4, 0.5) is 5.13 Å². The van der Waals surface area contributed by atoms with Gasteiger partial charge in [-0.2, -0.15) is 0 Å². The molecular weight excluding hydrogens is 390 g/mol. The molecule has 0 spiro atoms. The van der Waals surface area contributed by atoms with Crippen LogP contribution in [0.25, 0.3) is 11.3 Å². The molecule has 146 valence electrons. The summed E-state index contributed by atoms with van der Waals surface area (Å²) in [6.07, 6.45) is 2.38. The minimum absolute atomic E-state index is 0.0791. The lowest BCUT2D eigenvalue weighted by Crippen LogP contribution is -2.14. The molecule has 1 fully saturated rings. The number of hydrogen-bond acceptors (Lipinski definition) is 6. The van der Waals surface area contributed by atoms with E-state index in [1.165, 1.54) is 47.1 Å². The van der Waals surface area contributed by atoms with E-state index in [0.717, 1.165) is 28.8 Å². The molecule has 1 aliphatic rings. The molecule has 0 saturated heterocycles. The fourth-order valence-corrected chi connectivity index (χ4v) is 4.54. The Bertz CT molecular complexity index is 1010. The Balaban J connectivity index is 1.37. The molecule has 4 rings (SSSR count). The van der Waals surface area contributed by atoms with Crippen molar-refractivity contribution in [2.24, 2.45) is 0 Å². The molecule has 8 heteroatoms. The minimum atomic E-state index is -0.0791. The number of carbonyl (C=O) groups excluding carboxylic acids is 1. The quantitative estimate of drug-likeness (QED) is 0.571. The molecule has 0 bridgehead atoms. The van der Waals surface area contributed by atoms with Crippen molar-refractivity contribution in [1.82, 2.24) is 19.7 Å². The third-order valence-electron chi connectivity index (χ3n) is 4.89. The van der Waals surface area contributed by atoms with E-state index in [-0.39, 0.29) is 5.91 Å². The molecule has 6 nitrogen and oxygen atoms in total. The topological polar surface area (TPSA) is 72.7 Å². The molecule has 1 aliphatic carbocycles. The van der Waals surface area contributed by atoms with Gasteiger partial charge in [-0.15, -0.1) is 21.5 Å². The lowest BCUT2D eigenvalue weighted by atomic mass is 10.1. The molecule has 1 N–H and O–H groups in total. The van der Waals surface area contributed by atoms with Crippen molar-refractivity contribution in [3.05, 3.63) is 40.5 Å². The fraction of sp³-hybridized carbons (Fsp3) is 0.400. The summed E-state index contributed by atoms with van der Waals surface area (Å²) in [6.45, 7) is 7.10. The predicted octanol–water partition coefficient (Wildman–Crippen LogP) is 4.65. The van der Waals surface area contributed by atoms with Gasteiger partial charge in [0.1, 0.15) is 5.82 Å². The molecule has 0 atom stereocenters. The fourth-order valence-electron chi connectivity index (χ4n) is 3.00. The van der Waals surface area contributed by atoms with Gasteiger partial charge in [-0.25, -0.2) is 4.98 Å². The van der Waals surface area contributed by atoms with Crippen molar-refractivity contribution >= 4 is 34.1 Å². The summed E-state index contributed by atoms with van der Waals surface area (Å²) in [6, 6.07) is 6.29. The van der Waals surface area contributed by atoms with E-state index in [4.69, 9.17) is 0 Å². The zero-order valence-electron chi connectivity index (χ0n) is 16.2. The third kappa shape index (κ3) is 4.12. The first-order valence-corrected chi connectivity index (χ1v) is 11.3. The Kier molecular flexibility index (Phi) is 5.50. The van der Waals surface area contributed by atoms with Crippen molar-refractivity contribution in [1.29, 1.82) is 0 Å². The van der Waals surface area contributed by atoms with E-state index >= 15 is 0 Å². The van der Waals surface area contributed by atoms with Crippen LogP contribution in [-0.2, 0) is 11.3 Å². The van der Waals surface area contributed by atoms with Crippen LogP contribution in [-0.4, -0.2) is 31.4 Å². The van der Waals surface area contributed by atoms with Crippen molar-refractivity contribution < 1.29 is 4.79 Å². The Labute approximate surface area is 172 Å². The molecule has 0 unspecified atom stereocenters. The van der Waals surface area contributed by atoms with Crippen LogP contribution in [0.3, 0.4) is 0 Å². The summed E-state index contributed by atoms with van der Waals surface area (Å²) in [7, 11) is 0. The lowest BCUT2D eigenvalue weighted by Gasteiger charge is -2.06. The first-order chi connectivity index (χ1) is 13.5. The predicted molar refractivity (Wildman–Crippen MR) is 114 cm³/mol. The number of nitrogens with zero attached hydrogens (tertiary/aromatic N) is 4. The highest BCUT2D eigenvalue weighted by molar-refractivity contribution is 7.99. The zero-order valence-corrected chi connectivity index (χ0v) is 17.9. The van der Waals surface area contributed by atoms with Gasteiger partial charge in [0, 0.05) is 23.4 Å². The van der Waals surface area contributed by atoms with E-state index in [1.807, 2.05) is 5.38 Å². The smallest absolute Gasteiger partial charge is 0.236 e. The average molecular weight is 414 g/mol. The van der Waals surface area contributed by atoms with Crippen LogP contribution in [0.5, 0.6) is 0 Å². The SMILES string of the molecule is CCn1c(SCC(=O)Nc2nc(-c3ccc(C)c(C)c3)cs2)nnc1C1CC1. The van der Waals surface area contributed by atoms with Gasteiger partial charge in [0.15, 0.2) is 10.3 Å². The average Bonchev–Trinajstić information content (AvgIpc) is 3.28. The highest BCUT2D eigenvalue weighted by Gasteiger charge is 2.30. The number of amides is 1. The van der Waals surface area contributed by atoms with E-state index in [9.17, 15) is 4.79 Å². The second-order valence-corrected chi connectivity index (χ2v) is 8.83.